The Balaban J connectivity index is 0.000000387. The number of benzene rings is 2. The van der Waals surface area contributed by atoms with Gasteiger partial charge in [0.1, 0.15) is 0 Å². The van der Waals surface area contributed by atoms with Crippen molar-refractivity contribution >= 4 is 11.4 Å². The summed E-state index contributed by atoms with van der Waals surface area (Å²) in [7, 11) is 0. The number of aryl methyl sites for hydroxylation is 2. The molecule has 0 fully saturated rings. The third-order valence-electron chi connectivity index (χ3n) is 5.86. The Bertz CT molecular complexity index is 965. The zero-order valence-electron chi connectivity index (χ0n) is 22.0. The molecule has 0 bridgehead atoms. The van der Waals surface area contributed by atoms with Gasteiger partial charge in [-0.3, -0.25) is 0 Å². The average molecular weight is 503 g/mol. The van der Waals surface area contributed by atoms with E-state index in [-0.39, 0.29) is 0 Å². The molecule has 1 heterocycles. The normalized spacial score (nSPS) is 13.2. The zero-order chi connectivity index (χ0) is 24.8. The molecule has 0 spiro atoms. The molecule has 2 aromatic carbocycles. The number of hydrogen-bond acceptors (Lipinski definition) is 0. The van der Waals surface area contributed by atoms with Gasteiger partial charge in [-0.05, 0) is 51.0 Å². The van der Waals surface area contributed by atoms with E-state index in [0.717, 1.165) is 35.4 Å². The summed E-state index contributed by atoms with van der Waals surface area (Å²) in [5, 5.41) is 2.78. The van der Waals surface area contributed by atoms with Crippen LogP contribution in [0.3, 0.4) is 0 Å². The van der Waals surface area contributed by atoms with Crippen LogP contribution in [0.1, 0.15) is 94.4 Å². The summed E-state index contributed by atoms with van der Waals surface area (Å²) in [6.45, 7) is 10.9. The molecule has 0 saturated carbocycles. The molecule has 0 atom stereocenters. The molecule has 0 aromatic heterocycles. The predicted molar refractivity (Wildman–Crippen MR) is 144 cm³/mol. The van der Waals surface area contributed by atoms with Crippen LogP contribution in [0.5, 0.6) is 0 Å². The molecule has 1 aliphatic heterocycles. The predicted octanol–water partition coefficient (Wildman–Crippen LogP) is 10.2. The molecule has 3 heteroatoms. The van der Waals surface area contributed by atoms with Crippen molar-refractivity contribution < 1.29 is 19.1 Å². The summed E-state index contributed by atoms with van der Waals surface area (Å²) in [5.74, 6) is 0. The van der Waals surface area contributed by atoms with Crippen molar-refractivity contribution in [2.75, 3.05) is 0 Å². The maximum atomic E-state index is 11.0. The molecule has 0 radical (unpaired) electrons. The Morgan fingerprint density at radius 2 is 1.29 bits per heavy atom. The first kappa shape index (κ1) is 28.3. The van der Waals surface area contributed by atoms with Gasteiger partial charge in [-0.25, -0.2) is 4.70 Å². The summed E-state index contributed by atoms with van der Waals surface area (Å²) in [6.07, 6.45) is 12.2. The van der Waals surface area contributed by atoms with E-state index >= 15 is 0 Å². The maximum absolute atomic E-state index is 11.0. The third kappa shape index (κ3) is 8.99. The standard InChI is InChI=1S/C23H26N2.2C4H9.Ni/c1-4-5-6-11-21-16-22(19-12-7-9-17(2)14-19)25(24)23(21)20-13-8-10-18(3)15-20;2*1-3-4-2;/h7-10,12-16H,4-6,11H2,1-3H3;2*1,3-4H2,2H3;. The van der Waals surface area contributed by atoms with E-state index in [1.54, 1.807) is 0 Å². The van der Waals surface area contributed by atoms with E-state index in [0.29, 0.717) is 0 Å². The second kappa shape index (κ2) is 15.8. The van der Waals surface area contributed by atoms with Crippen molar-refractivity contribution in [1.82, 2.24) is 0 Å². The Kier molecular flexibility index (Phi) is 13.2. The molecule has 0 aliphatic carbocycles. The van der Waals surface area contributed by atoms with Crippen LogP contribution in [-0.4, -0.2) is 4.70 Å². The molecule has 34 heavy (non-hydrogen) atoms. The first-order valence-electron chi connectivity index (χ1n) is 13.0. The van der Waals surface area contributed by atoms with Gasteiger partial charge in [0, 0.05) is 22.8 Å². The van der Waals surface area contributed by atoms with Gasteiger partial charge in [-0.2, -0.15) is 0 Å². The molecular weight excluding hydrogens is 459 g/mol. The fraction of sp³-hybridized carbons (Fsp3) is 0.484. The Hall–Kier alpha value is -1.99. The molecule has 188 valence electrons. The van der Waals surface area contributed by atoms with Gasteiger partial charge in [0.25, 0.3) is 0 Å². The summed E-state index contributed by atoms with van der Waals surface area (Å²) in [5.41, 5.74) is 18.5. The second-order valence-corrected chi connectivity index (χ2v) is 10.6. The van der Waals surface area contributed by atoms with E-state index < -0.39 is 0 Å². The van der Waals surface area contributed by atoms with E-state index in [9.17, 15) is 5.53 Å². The monoisotopic (exact) mass is 502 g/mol. The molecule has 1 aliphatic rings. The Morgan fingerprint density at radius 3 is 1.85 bits per heavy atom. The van der Waals surface area contributed by atoms with Gasteiger partial charge < -0.3 is 5.53 Å². The van der Waals surface area contributed by atoms with Crippen LogP contribution in [0, 0.1) is 13.8 Å². The van der Waals surface area contributed by atoms with Crippen molar-refractivity contribution in [3.63, 3.8) is 0 Å². The number of nitrogens with zero attached hydrogens (tertiary/aromatic N) is 2. The van der Waals surface area contributed by atoms with Gasteiger partial charge in [-0.1, -0.05) is 55.2 Å². The van der Waals surface area contributed by atoms with Crippen LogP contribution in [0.15, 0.2) is 60.2 Å². The topological polar surface area (TPSA) is 25.3 Å². The number of hydrogen-bond donors (Lipinski definition) is 0. The van der Waals surface area contributed by atoms with Crippen LogP contribution in [0.4, 0.5) is 0 Å². The number of unbranched alkanes of at least 4 members (excludes halogenated alkanes) is 4. The van der Waals surface area contributed by atoms with Crippen LogP contribution >= 0.6 is 0 Å². The molecule has 2 nitrogen and oxygen atoms in total. The summed E-state index contributed by atoms with van der Waals surface area (Å²) in [6, 6.07) is 16.7. The van der Waals surface area contributed by atoms with Crippen LogP contribution in [0.25, 0.3) is 16.9 Å². The van der Waals surface area contributed by atoms with Gasteiger partial charge in [0.05, 0.1) is 0 Å². The third-order valence-corrected chi connectivity index (χ3v) is 7.26. The number of allylic oxidation sites excluding steroid dienone is 2. The van der Waals surface area contributed by atoms with E-state index in [2.05, 4.69) is 83.2 Å². The zero-order valence-corrected chi connectivity index (χ0v) is 23.0. The van der Waals surface area contributed by atoms with E-state index in [1.165, 1.54) is 70.7 Å². The van der Waals surface area contributed by atoms with Crippen LogP contribution < -0.4 is 0 Å². The molecule has 0 unspecified atom stereocenters. The van der Waals surface area contributed by atoms with E-state index in [1.807, 2.05) is 20.5 Å². The fourth-order valence-corrected chi connectivity index (χ4v) is 5.32. The van der Waals surface area contributed by atoms with Gasteiger partial charge in [0.2, 0.25) is 11.4 Å². The fourth-order valence-electron chi connectivity index (χ4n) is 3.88. The van der Waals surface area contributed by atoms with Crippen molar-refractivity contribution in [3.05, 3.63) is 88.0 Å². The van der Waals surface area contributed by atoms with Gasteiger partial charge in [0.15, 0.2) is 0 Å². The summed E-state index contributed by atoms with van der Waals surface area (Å²) in [4.78, 5) is 0. The average Bonchev–Trinajstić information content (AvgIpc) is 3.15. The van der Waals surface area contributed by atoms with Crippen molar-refractivity contribution in [3.8, 4) is 0 Å². The second-order valence-electron chi connectivity index (χ2n) is 9.09. The minimum atomic E-state index is 0.867. The van der Waals surface area contributed by atoms with Crippen molar-refractivity contribution in [2.24, 2.45) is 0 Å². The quantitative estimate of drug-likeness (QED) is 0.156. The molecule has 0 amide bonds. The van der Waals surface area contributed by atoms with Crippen molar-refractivity contribution in [2.45, 2.75) is 96.8 Å². The summed E-state index contributed by atoms with van der Waals surface area (Å²) >= 11 is 1.94. The first-order chi connectivity index (χ1) is 16.5. The minimum absolute atomic E-state index is 0.867. The SMILES string of the molecule is CCCCCC1=C(c2cccc(C)c2)[N+](=[N-])C(c2cccc(C)c2)=C1.CCC[CH2][Ni][CH2]CCC. The van der Waals surface area contributed by atoms with Crippen LogP contribution in [0.2, 0.25) is 10.8 Å². The van der Waals surface area contributed by atoms with Gasteiger partial charge >= 0.3 is 64.8 Å². The van der Waals surface area contributed by atoms with Crippen LogP contribution in [-0.2, 0) is 14.4 Å². The summed E-state index contributed by atoms with van der Waals surface area (Å²) < 4.78 is 1.38. The molecular formula is C31H44N2Ni. The first-order valence-corrected chi connectivity index (χ1v) is 14.4. The van der Waals surface area contributed by atoms with Gasteiger partial charge in [-0.15, -0.1) is 0 Å². The molecule has 0 saturated heterocycles. The molecule has 0 N–H and O–H groups in total. The Labute approximate surface area is 214 Å². The van der Waals surface area contributed by atoms with Crippen molar-refractivity contribution in [1.29, 1.82) is 0 Å². The Morgan fingerprint density at radius 1 is 0.735 bits per heavy atom. The number of rotatable bonds is 12. The molecule has 3 rings (SSSR count). The molecule has 2 aromatic rings. The van der Waals surface area contributed by atoms with E-state index in [4.69, 9.17) is 0 Å².